The number of Topliss-reactive ketones (excluding diaryl/α,β-unsaturated/α-hetero) is 1. The molecule has 1 heterocycles. The lowest BCUT2D eigenvalue weighted by Crippen LogP contribution is -2.44. The second kappa shape index (κ2) is 5.99. The highest BCUT2D eigenvalue weighted by Gasteiger charge is 2.45. The number of amides is 1. The Balaban J connectivity index is 2.07. The third-order valence-electron chi connectivity index (χ3n) is 4.65. The molecule has 1 aromatic rings. The van der Waals surface area contributed by atoms with Gasteiger partial charge in [-0.2, -0.15) is 0 Å². The maximum Gasteiger partial charge on any atom is 0.316 e. The molecule has 0 fully saturated rings. The molecule has 5 heteroatoms. The van der Waals surface area contributed by atoms with Crippen LogP contribution in [0.15, 0.2) is 41.6 Å². The van der Waals surface area contributed by atoms with Crippen molar-refractivity contribution in [1.82, 2.24) is 5.32 Å². The van der Waals surface area contributed by atoms with Gasteiger partial charge in [-0.1, -0.05) is 37.3 Å². The van der Waals surface area contributed by atoms with E-state index in [9.17, 15) is 14.4 Å². The Morgan fingerprint density at radius 1 is 1.17 bits per heavy atom. The van der Waals surface area contributed by atoms with E-state index in [1.807, 2.05) is 37.3 Å². The molecule has 0 aromatic heterocycles. The highest BCUT2D eigenvalue weighted by atomic mass is 16.5. The Bertz CT molecular complexity index is 692. The van der Waals surface area contributed by atoms with Crippen LogP contribution in [0.3, 0.4) is 0 Å². The highest BCUT2D eigenvalue weighted by Crippen LogP contribution is 2.41. The predicted octanol–water partition coefficient (Wildman–Crippen LogP) is 1.94. The Morgan fingerprint density at radius 2 is 1.87 bits per heavy atom. The molecule has 1 aliphatic heterocycles. The number of hydrogen-bond donors (Lipinski definition) is 1. The summed E-state index contributed by atoms with van der Waals surface area (Å²) in [5.74, 6) is -2.10. The van der Waals surface area contributed by atoms with Crippen molar-refractivity contribution in [3.8, 4) is 0 Å². The van der Waals surface area contributed by atoms with Crippen molar-refractivity contribution in [1.29, 1.82) is 0 Å². The number of carbonyl (C=O) groups is 3. The molecule has 0 saturated heterocycles. The number of allylic oxidation sites excluding steroid dienone is 2. The Hall–Kier alpha value is -2.43. The van der Waals surface area contributed by atoms with Crippen molar-refractivity contribution >= 4 is 17.7 Å². The third kappa shape index (κ3) is 2.67. The fourth-order valence-corrected chi connectivity index (χ4v) is 3.57. The summed E-state index contributed by atoms with van der Waals surface area (Å²) in [5.41, 5.74) is 2.14. The van der Waals surface area contributed by atoms with Gasteiger partial charge in [-0.25, -0.2) is 0 Å². The topological polar surface area (TPSA) is 72.5 Å². The highest BCUT2D eigenvalue weighted by molar-refractivity contribution is 6.11. The maximum atomic E-state index is 13.0. The fraction of sp³-hybridized carbons (Fsp3) is 0.389. The molecule has 0 unspecified atom stereocenters. The molecule has 2 aliphatic rings. The SMILES string of the molecule is COC(=O)[C@H]1C(=O)C2=C(C[C@H]1C)NC(=O)C[C@H]2c1ccccc1. The molecule has 3 atom stereocenters. The molecule has 1 amide bonds. The van der Waals surface area contributed by atoms with E-state index in [4.69, 9.17) is 4.74 Å². The van der Waals surface area contributed by atoms with Gasteiger partial charge >= 0.3 is 5.97 Å². The lowest BCUT2D eigenvalue weighted by molar-refractivity contribution is -0.151. The van der Waals surface area contributed by atoms with Crippen molar-refractivity contribution in [3.63, 3.8) is 0 Å². The van der Waals surface area contributed by atoms with Gasteiger partial charge in [0.05, 0.1) is 7.11 Å². The molecule has 0 spiro atoms. The van der Waals surface area contributed by atoms with E-state index in [1.165, 1.54) is 7.11 Å². The zero-order valence-corrected chi connectivity index (χ0v) is 13.2. The number of esters is 1. The Labute approximate surface area is 134 Å². The number of benzene rings is 1. The summed E-state index contributed by atoms with van der Waals surface area (Å²) < 4.78 is 4.80. The number of ether oxygens (including phenoxy) is 1. The van der Waals surface area contributed by atoms with Crippen LogP contribution in [0.25, 0.3) is 0 Å². The first-order valence-electron chi connectivity index (χ1n) is 7.72. The van der Waals surface area contributed by atoms with Gasteiger partial charge in [0.15, 0.2) is 5.78 Å². The van der Waals surface area contributed by atoms with Gasteiger partial charge in [-0.05, 0) is 17.9 Å². The molecule has 5 nitrogen and oxygen atoms in total. The van der Waals surface area contributed by atoms with Crippen LogP contribution in [0.4, 0.5) is 0 Å². The molecule has 1 aromatic carbocycles. The zero-order valence-electron chi connectivity index (χ0n) is 13.2. The molecule has 23 heavy (non-hydrogen) atoms. The molecule has 0 saturated carbocycles. The Kier molecular flexibility index (Phi) is 4.03. The van der Waals surface area contributed by atoms with Gasteiger partial charge in [-0.15, -0.1) is 0 Å². The van der Waals surface area contributed by atoms with Crippen LogP contribution in [-0.4, -0.2) is 24.8 Å². The first-order chi connectivity index (χ1) is 11.0. The van der Waals surface area contributed by atoms with Crippen molar-refractivity contribution < 1.29 is 19.1 Å². The molecular formula is C18H19NO4. The lowest BCUT2D eigenvalue weighted by atomic mass is 9.70. The number of ketones is 1. The van der Waals surface area contributed by atoms with Crippen LogP contribution in [0.5, 0.6) is 0 Å². The van der Waals surface area contributed by atoms with Crippen molar-refractivity contribution in [3.05, 3.63) is 47.2 Å². The second-order valence-electron chi connectivity index (χ2n) is 6.15. The van der Waals surface area contributed by atoms with Crippen LogP contribution in [-0.2, 0) is 19.1 Å². The van der Waals surface area contributed by atoms with Crippen LogP contribution in [0.2, 0.25) is 0 Å². The summed E-state index contributed by atoms with van der Waals surface area (Å²) in [6.45, 7) is 1.83. The van der Waals surface area contributed by atoms with Crippen molar-refractivity contribution in [2.45, 2.75) is 25.7 Å². The van der Waals surface area contributed by atoms with Gasteiger partial charge < -0.3 is 10.1 Å². The number of rotatable bonds is 2. The van der Waals surface area contributed by atoms with E-state index in [0.29, 0.717) is 17.7 Å². The summed E-state index contributed by atoms with van der Waals surface area (Å²) >= 11 is 0. The van der Waals surface area contributed by atoms with Gasteiger partial charge in [0.2, 0.25) is 5.91 Å². The van der Waals surface area contributed by atoms with E-state index in [1.54, 1.807) is 0 Å². The van der Waals surface area contributed by atoms with E-state index >= 15 is 0 Å². The van der Waals surface area contributed by atoms with Crippen molar-refractivity contribution in [2.24, 2.45) is 11.8 Å². The summed E-state index contributed by atoms with van der Waals surface area (Å²) in [5, 5.41) is 2.82. The number of hydrogen-bond acceptors (Lipinski definition) is 4. The maximum absolute atomic E-state index is 13.0. The smallest absolute Gasteiger partial charge is 0.316 e. The van der Waals surface area contributed by atoms with Crippen LogP contribution in [0, 0.1) is 11.8 Å². The van der Waals surface area contributed by atoms with Crippen LogP contribution < -0.4 is 5.32 Å². The molecule has 1 N–H and O–H groups in total. The van der Waals surface area contributed by atoms with E-state index < -0.39 is 11.9 Å². The summed E-state index contributed by atoms with van der Waals surface area (Å²) in [6.07, 6.45) is 0.715. The molecule has 120 valence electrons. The van der Waals surface area contributed by atoms with E-state index in [2.05, 4.69) is 5.32 Å². The minimum absolute atomic E-state index is 0.0888. The Morgan fingerprint density at radius 3 is 2.52 bits per heavy atom. The van der Waals surface area contributed by atoms with Crippen molar-refractivity contribution in [2.75, 3.05) is 7.11 Å². The minimum atomic E-state index is -0.792. The molecule has 0 bridgehead atoms. The molecular weight excluding hydrogens is 294 g/mol. The van der Waals surface area contributed by atoms with Crippen LogP contribution >= 0.6 is 0 Å². The first-order valence-corrected chi connectivity index (χ1v) is 7.72. The quantitative estimate of drug-likeness (QED) is 0.669. The molecule has 1 aliphatic carbocycles. The number of carbonyl (C=O) groups excluding carboxylic acids is 3. The van der Waals surface area contributed by atoms with Crippen LogP contribution in [0.1, 0.15) is 31.2 Å². The zero-order chi connectivity index (χ0) is 16.6. The predicted molar refractivity (Wildman–Crippen MR) is 83.3 cm³/mol. The average molecular weight is 313 g/mol. The average Bonchev–Trinajstić information content (AvgIpc) is 2.54. The van der Waals surface area contributed by atoms with Gasteiger partial charge in [-0.3, -0.25) is 14.4 Å². The minimum Gasteiger partial charge on any atom is -0.468 e. The summed E-state index contributed by atoms with van der Waals surface area (Å²) in [4.78, 5) is 37.0. The monoisotopic (exact) mass is 313 g/mol. The first kappa shape index (κ1) is 15.5. The second-order valence-corrected chi connectivity index (χ2v) is 6.15. The lowest BCUT2D eigenvalue weighted by Gasteiger charge is -2.36. The fourth-order valence-electron chi connectivity index (χ4n) is 3.57. The third-order valence-corrected chi connectivity index (χ3v) is 4.65. The van der Waals surface area contributed by atoms with Gasteiger partial charge in [0.25, 0.3) is 0 Å². The van der Waals surface area contributed by atoms with Gasteiger partial charge in [0.1, 0.15) is 5.92 Å². The number of nitrogens with one attached hydrogen (secondary N) is 1. The molecule has 0 radical (unpaired) electrons. The van der Waals surface area contributed by atoms with Gasteiger partial charge in [0, 0.05) is 23.6 Å². The summed E-state index contributed by atoms with van der Waals surface area (Å²) in [7, 11) is 1.30. The standard InChI is InChI=1S/C18H19NO4/c1-10-8-13-16(17(21)15(10)18(22)23-2)12(9-14(20)19-13)11-6-4-3-5-7-11/h3-7,10,12,15H,8-9H2,1-2H3,(H,19,20)/t10-,12+,15-/m1/s1. The van der Waals surface area contributed by atoms with E-state index in [-0.39, 0.29) is 29.9 Å². The largest absolute Gasteiger partial charge is 0.468 e. The molecule has 3 rings (SSSR count). The number of methoxy groups -OCH3 is 1. The normalized spacial score (nSPS) is 27.3. The van der Waals surface area contributed by atoms with E-state index in [0.717, 1.165) is 5.56 Å². The summed E-state index contributed by atoms with van der Waals surface area (Å²) in [6, 6.07) is 9.48.